The maximum atomic E-state index is 12.6. The van der Waals surface area contributed by atoms with E-state index in [2.05, 4.69) is 47.5 Å². The smallest absolute Gasteiger partial charge is 0.329 e. The molecular formula is C22H25N3O4. The van der Waals surface area contributed by atoms with Gasteiger partial charge in [0, 0.05) is 11.4 Å². The highest BCUT2D eigenvalue weighted by Crippen LogP contribution is 2.28. The van der Waals surface area contributed by atoms with E-state index in [1.807, 2.05) is 19.9 Å². The molecule has 3 rings (SSSR count). The second-order valence-corrected chi connectivity index (χ2v) is 7.36. The first-order valence-electron chi connectivity index (χ1n) is 9.32. The van der Waals surface area contributed by atoms with Crippen LogP contribution in [0, 0.1) is 34.6 Å². The number of imide groups is 1. The number of amides is 3. The van der Waals surface area contributed by atoms with E-state index in [0.29, 0.717) is 0 Å². The lowest BCUT2D eigenvalue weighted by atomic mass is 10.0. The summed E-state index contributed by atoms with van der Waals surface area (Å²) < 4.78 is 6.70. The van der Waals surface area contributed by atoms with Crippen LogP contribution in [-0.4, -0.2) is 41.0 Å². The van der Waals surface area contributed by atoms with E-state index in [9.17, 15) is 14.4 Å². The molecule has 1 aromatic carbocycles. The van der Waals surface area contributed by atoms with Crippen molar-refractivity contribution in [2.75, 3.05) is 13.7 Å². The summed E-state index contributed by atoms with van der Waals surface area (Å²) in [6.07, 6.45) is 1.65. The number of hydrogen-bond acceptors (Lipinski definition) is 4. The van der Waals surface area contributed by atoms with E-state index in [-0.39, 0.29) is 5.70 Å². The molecule has 2 aromatic rings. The monoisotopic (exact) mass is 395 g/mol. The Morgan fingerprint density at radius 1 is 1.07 bits per heavy atom. The van der Waals surface area contributed by atoms with Crippen LogP contribution in [-0.2, 0) is 14.3 Å². The van der Waals surface area contributed by atoms with Crippen LogP contribution >= 0.6 is 0 Å². The molecule has 0 atom stereocenters. The quantitative estimate of drug-likeness (QED) is 0.490. The average Bonchev–Trinajstić information content (AvgIpc) is 3.05. The Labute approximate surface area is 169 Å². The number of carbonyl (C=O) groups excluding carboxylic acids is 3. The second kappa shape index (κ2) is 7.58. The molecule has 1 aliphatic heterocycles. The Bertz CT molecular complexity index is 1040. The molecule has 1 fully saturated rings. The summed E-state index contributed by atoms with van der Waals surface area (Å²) in [6.45, 7) is 9.80. The van der Waals surface area contributed by atoms with Crippen molar-refractivity contribution < 1.29 is 19.1 Å². The van der Waals surface area contributed by atoms with Gasteiger partial charge in [-0.25, -0.2) is 9.69 Å². The standard InChI is InChI=1S/C22H25N3O4/c1-12-7-13(2)20(14(3)8-12)25-15(4)9-17(16(25)5)10-18-21(27)24(22(28)23-18)11-19(26)29-6/h7-10H,11H2,1-6H3,(H,23,28). The van der Waals surface area contributed by atoms with Crippen molar-refractivity contribution in [2.24, 2.45) is 0 Å². The molecule has 0 radical (unpaired) electrons. The number of esters is 1. The van der Waals surface area contributed by atoms with Gasteiger partial charge in [-0.2, -0.15) is 0 Å². The predicted octanol–water partition coefficient (Wildman–Crippen LogP) is 3.09. The molecule has 0 saturated carbocycles. The minimum Gasteiger partial charge on any atom is -0.468 e. The van der Waals surface area contributed by atoms with Gasteiger partial charge in [-0.05, 0) is 63.5 Å². The van der Waals surface area contributed by atoms with Crippen molar-refractivity contribution in [1.29, 1.82) is 0 Å². The van der Waals surface area contributed by atoms with Crippen LogP contribution in [0.5, 0.6) is 0 Å². The maximum absolute atomic E-state index is 12.6. The average molecular weight is 395 g/mol. The number of aryl methyl sites for hydroxylation is 4. The van der Waals surface area contributed by atoms with Crippen LogP contribution in [0.3, 0.4) is 0 Å². The summed E-state index contributed by atoms with van der Waals surface area (Å²) in [6, 6.07) is 5.63. The molecule has 7 heteroatoms. The number of methoxy groups -OCH3 is 1. The highest BCUT2D eigenvalue weighted by Gasteiger charge is 2.35. The Balaban J connectivity index is 2.01. The Morgan fingerprint density at radius 3 is 2.28 bits per heavy atom. The Kier molecular flexibility index (Phi) is 5.33. The van der Waals surface area contributed by atoms with Gasteiger partial charge in [0.25, 0.3) is 5.91 Å². The highest BCUT2D eigenvalue weighted by atomic mass is 16.5. The van der Waals surface area contributed by atoms with Crippen LogP contribution in [0.4, 0.5) is 4.79 Å². The van der Waals surface area contributed by atoms with Gasteiger partial charge in [0.05, 0.1) is 12.8 Å². The van der Waals surface area contributed by atoms with Gasteiger partial charge in [0.2, 0.25) is 0 Å². The van der Waals surface area contributed by atoms with Crippen LogP contribution in [0.15, 0.2) is 23.9 Å². The first-order valence-corrected chi connectivity index (χ1v) is 9.32. The SMILES string of the molecule is COC(=O)CN1C(=O)NC(=Cc2cc(C)n(-c3c(C)cc(C)cc3C)c2C)C1=O. The number of aromatic nitrogens is 1. The summed E-state index contributed by atoms with van der Waals surface area (Å²) in [5.74, 6) is -1.20. The van der Waals surface area contributed by atoms with Gasteiger partial charge < -0.3 is 14.6 Å². The topological polar surface area (TPSA) is 80.6 Å². The molecule has 1 aliphatic rings. The lowest BCUT2D eigenvalue weighted by molar-refractivity contribution is -0.143. The zero-order chi connectivity index (χ0) is 21.5. The van der Waals surface area contributed by atoms with E-state index in [1.165, 1.54) is 12.7 Å². The van der Waals surface area contributed by atoms with E-state index in [1.54, 1.807) is 6.08 Å². The number of benzene rings is 1. The van der Waals surface area contributed by atoms with E-state index >= 15 is 0 Å². The summed E-state index contributed by atoms with van der Waals surface area (Å²) >= 11 is 0. The van der Waals surface area contributed by atoms with Gasteiger partial charge in [0.1, 0.15) is 12.2 Å². The molecule has 1 N–H and O–H groups in total. The molecule has 0 aliphatic carbocycles. The summed E-state index contributed by atoms with van der Waals surface area (Å²) in [5.41, 5.74) is 7.59. The third-order valence-corrected chi connectivity index (χ3v) is 5.11. The molecule has 152 valence electrons. The van der Waals surface area contributed by atoms with Gasteiger partial charge in [-0.15, -0.1) is 0 Å². The molecule has 29 heavy (non-hydrogen) atoms. The van der Waals surface area contributed by atoms with Gasteiger partial charge in [-0.3, -0.25) is 9.59 Å². The van der Waals surface area contributed by atoms with Crippen molar-refractivity contribution in [3.8, 4) is 5.69 Å². The summed E-state index contributed by atoms with van der Waals surface area (Å²) in [5, 5.41) is 2.54. The first-order chi connectivity index (χ1) is 13.6. The molecule has 1 saturated heterocycles. The van der Waals surface area contributed by atoms with E-state index < -0.39 is 24.5 Å². The van der Waals surface area contributed by atoms with Crippen LogP contribution in [0.1, 0.15) is 33.6 Å². The molecule has 0 bridgehead atoms. The maximum Gasteiger partial charge on any atom is 0.329 e. The first kappa shape index (κ1) is 20.4. The molecule has 7 nitrogen and oxygen atoms in total. The van der Waals surface area contributed by atoms with Crippen LogP contribution < -0.4 is 5.32 Å². The number of ether oxygens (including phenoxy) is 1. The van der Waals surface area contributed by atoms with Gasteiger partial charge in [0.15, 0.2) is 0 Å². The molecule has 3 amide bonds. The Hall–Kier alpha value is -3.35. The normalized spacial score (nSPS) is 15.2. The summed E-state index contributed by atoms with van der Waals surface area (Å²) in [7, 11) is 1.21. The number of urea groups is 1. The zero-order valence-corrected chi connectivity index (χ0v) is 17.5. The number of hydrogen-bond donors (Lipinski definition) is 1. The van der Waals surface area contributed by atoms with E-state index in [4.69, 9.17) is 0 Å². The second-order valence-electron chi connectivity index (χ2n) is 7.36. The number of rotatable bonds is 4. The largest absolute Gasteiger partial charge is 0.468 e. The molecule has 1 aromatic heterocycles. The van der Waals surface area contributed by atoms with Crippen LogP contribution in [0.2, 0.25) is 0 Å². The van der Waals surface area contributed by atoms with Crippen LogP contribution in [0.25, 0.3) is 11.8 Å². The van der Waals surface area contributed by atoms with Crippen molar-refractivity contribution in [1.82, 2.24) is 14.8 Å². The minimum absolute atomic E-state index is 0.136. The van der Waals surface area contributed by atoms with Gasteiger partial charge >= 0.3 is 12.0 Å². The molecule has 2 heterocycles. The predicted molar refractivity (Wildman–Crippen MR) is 110 cm³/mol. The van der Waals surface area contributed by atoms with Crippen molar-refractivity contribution in [3.63, 3.8) is 0 Å². The zero-order valence-electron chi connectivity index (χ0n) is 17.5. The third kappa shape index (κ3) is 3.68. The molecule has 0 unspecified atom stereocenters. The lowest BCUT2D eigenvalue weighted by Gasteiger charge is -2.17. The summed E-state index contributed by atoms with van der Waals surface area (Å²) in [4.78, 5) is 36.9. The minimum atomic E-state index is -0.654. The molecule has 0 spiro atoms. The Morgan fingerprint density at radius 2 is 1.69 bits per heavy atom. The highest BCUT2D eigenvalue weighted by molar-refractivity contribution is 6.15. The fourth-order valence-electron chi connectivity index (χ4n) is 3.87. The fourth-order valence-corrected chi connectivity index (χ4v) is 3.87. The van der Waals surface area contributed by atoms with Crippen molar-refractivity contribution >= 4 is 24.0 Å². The number of nitrogens with one attached hydrogen (secondary N) is 1. The van der Waals surface area contributed by atoms with Gasteiger partial charge in [-0.1, -0.05) is 17.7 Å². The fraction of sp³-hybridized carbons (Fsp3) is 0.318. The van der Waals surface area contributed by atoms with Crippen molar-refractivity contribution in [2.45, 2.75) is 34.6 Å². The van der Waals surface area contributed by atoms with E-state index in [0.717, 1.165) is 38.7 Å². The number of carbonyl (C=O) groups is 3. The lowest BCUT2D eigenvalue weighted by Crippen LogP contribution is -2.36. The van der Waals surface area contributed by atoms with Crippen molar-refractivity contribution in [3.05, 3.63) is 57.5 Å². The number of nitrogens with zero attached hydrogens (tertiary/aromatic N) is 2. The molecular weight excluding hydrogens is 370 g/mol. The third-order valence-electron chi connectivity index (χ3n) is 5.11.